The molecule has 10 heteroatoms. The summed E-state index contributed by atoms with van der Waals surface area (Å²) in [5.41, 5.74) is 1.04. The molecule has 26 heavy (non-hydrogen) atoms. The number of aliphatic carboxylic acids is 1. The molecule has 2 N–H and O–H groups in total. The largest absolute Gasteiger partial charge is 0.490 e. The average molecular weight is 371 g/mol. The standard InChI is InChI=1S/C14H15N3O2.C2HF3O2/c1-15-11-2-4-12(5-3-11)17-10-14(19-13(17)18)6-8-16-9-7-14;3-2(4,5)1(6)7/h2-5,16H,6-10H2;(H,6,7). The third-order valence-corrected chi connectivity index (χ3v) is 4.02. The molecule has 2 saturated heterocycles. The van der Waals surface area contributed by atoms with E-state index in [4.69, 9.17) is 21.2 Å². The number of rotatable bonds is 1. The first-order valence-corrected chi connectivity index (χ1v) is 7.66. The summed E-state index contributed by atoms with van der Waals surface area (Å²) in [4.78, 5) is 25.9. The van der Waals surface area contributed by atoms with Crippen LogP contribution in [0.5, 0.6) is 0 Å². The maximum absolute atomic E-state index is 12.0. The van der Waals surface area contributed by atoms with Crippen LogP contribution in [-0.2, 0) is 9.53 Å². The Kier molecular flexibility index (Phi) is 5.72. The molecule has 0 radical (unpaired) electrons. The fourth-order valence-corrected chi connectivity index (χ4v) is 2.67. The number of carbonyl (C=O) groups is 2. The molecule has 0 unspecified atom stereocenters. The van der Waals surface area contributed by atoms with Crippen molar-refractivity contribution in [2.75, 3.05) is 24.5 Å². The molecule has 7 nitrogen and oxygen atoms in total. The van der Waals surface area contributed by atoms with E-state index in [9.17, 15) is 18.0 Å². The van der Waals surface area contributed by atoms with E-state index in [0.717, 1.165) is 31.6 Å². The number of piperidine rings is 1. The molecule has 2 aliphatic rings. The minimum Gasteiger partial charge on any atom is -0.475 e. The van der Waals surface area contributed by atoms with Gasteiger partial charge in [0.2, 0.25) is 0 Å². The van der Waals surface area contributed by atoms with E-state index >= 15 is 0 Å². The van der Waals surface area contributed by atoms with Crippen LogP contribution in [0.4, 0.5) is 29.3 Å². The van der Waals surface area contributed by atoms with Gasteiger partial charge < -0.3 is 15.2 Å². The Morgan fingerprint density at radius 2 is 1.81 bits per heavy atom. The smallest absolute Gasteiger partial charge is 0.475 e. The second-order valence-corrected chi connectivity index (χ2v) is 5.82. The molecule has 0 aromatic heterocycles. The summed E-state index contributed by atoms with van der Waals surface area (Å²) >= 11 is 0. The number of carboxylic acid groups (broad SMARTS) is 1. The zero-order valence-electron chi connectivity index (χ0n) is 13.5. The molecule has 1 spiro atoms. The number of amides is 1. The minimum atomic E-state index is -5.08. The van der Waals surface area contributed by atoms with Crippen molar-refractivity contribution in [2.45, 2.75) is 24.6 Å². The van der Waals surface area contributed by atoms with Crippen LogP contribution in [0.2, 0.25) is 0 Å². The highest BCUT2D eigenvalue weighted by atomic mass is 19.4. The summed E-state index contributed by atoms with van der Waals surface area (Å²) < 4.78 is 37.3. The summed E-state index contributed by atoms with van der Waals surface area (Å²) in [7, 11) is 0. The van der Waals surface area contributed by atoms with Crippen molar-refractivity contribution in [2.24, 2.45) is 0 Å². The maximum atomic E-state index is 12.0. The van der Waals surface area contributed by atoms with Crippen LogP contribution in [0.15, 0.2) is 24.3 Å². The third kappa shape index (κ3) is 4.64. The normalized spacial score (nSPS) is 18.5. The highest BCUT2D eigenvalue weighted by Gasteiger charge is 2.46. The Morgan fingerprint density at radius 3 is 2.27 bits per heavy atom. The Bertz CT molecular complexity index is 707. The van der Waals surface area contributed by atoms with E-state index in [2.05, 4.69) is 10.2 Å². The number of alkyl halides is 3. The quantitative estimate of drug-likeness (QED) is 0.742. The first-order chi connectivity index (χ1) is 12.2. The van der Waals surface area contributed by atoms with E-state index in [1.54, 1.807) is 29.2 Å². The molecule has 1 amide bonds. The molecule has 0 bridgehead atoms. The van der Waals surface area contributed by atoms with Gasteiger partial charge in [-0.05, 0) is 25.2 Å². The molecular formula is C16H16F3N3O4. The fraction of sp³-hybridized carbons (Fsp3) is 0.438. The van der Waals surface area contributed by atoms with Gasteiger partial charge in [-0.2, -0.15) is 13.2 Å². The second kappa shape index (κ2) is 7.61. The lowest BCUT2D eigenvalue weighted by molar-refractivity contribution is -0.192. The summed E-state index contributed by atoms with van der Waals surface area (Å²) in [5.74, 6) is -2.76. The third-order valence-electron chi connectivity index (χ3n) is 4.02. The highest BCUT2D eigenvalue weighted by molar-refractivity contribution is 5.90. The zero-order chi connectivity index (χ0) is 19.4. The lowest BCUT2D eigenvalue weighted by Gasteiger charge is -2.31. The Balaban J connectivity index is 0.000000298. The number of ether oxygens (including phenoxy) is 1. The molecule has 3 rings (SSSR count). The minimum absolute atomic E-state index is 0.280. The van der Waals surface area contributed by atoms with Crippen LogP contribution in [0.1, 0.15) is 12.8 Å². The number of hydrogen-bond acceptors (Lipinski definition) is 4. The molecule has 0 aliphatic carbocycles. The maximum Gasteiger partial charge on any atom is 0.490 e. The van der Waals surface area contributed by atoms with Gasteiger partial charge in [-0.15, -0.1) is 0 Å². The SMILES string of the molecule is O=C(O)C(F)(F)F.[C-]#[N+]c1ccc(N2CC3(CCNCC3)OC2=O)cc1. The molecule has 2 fully saturated rings. The predicted octanol–water partition coefficient (Wildman–Crippen LogP) is 2.95. The predicted molar refractivity (Wildman–Crippen MR) is 85.1 cm³/mol. The number of benzene rings is 1. The molecule has 1 aromatic rings. The van der Waals surface area contributed by atoms with Crippen LogP contribution >= 0.6 is 0 Å². The van der Waals surface area contributed by atoms with Gasteiger partial charge in [0.15, 0.2) is 5.69 Å². The Hall–Kier alpha value is -2.80. The van der Waals surface area contributed by atoms with Gasteiger partial charge in [0.05, 0.1) is 13.1 Å². The molecule has 2 heterocycles. The first kappa shape index (κ1) is 19.5. The topological polar surface area (TPSA) is 83.2 Å². The number of nitrogens with zero attached hydrogens (tertiary/aromatic N) is 2. The summed E-state index contributed by atoms with van der Waals surface area (Å²) in [6.45, 7) is 9.31. The van der Waals surface area contributed by atoms with Gasteiger partial charge in [0.1, 0.15) is 5.60 Å². The fourth-order valence-electron chi connectivity index (χ4n) is 2.67. The summed E-state index contributed by atoms with van der Waals surface area (Å²) in [5, 5.41) is 10.4. The van der Waals surface area contributed by atoms with Crippen molar-refractivity contribution in [1.29, 1.82) is 0 Å². The summed E-state index contributed by atoms with van der Waals surface area (Å²) in [6.07, 6.45) is -3.65. The van der Waals surface area contributed by atoms with Crippen molar-refractivity contribution < 1.29 is 32.6 Å². The number of hydrogen-bond donors (Lipinski definition) is 2. The van der Waals surface area contributed by atoms with E-state index in [1.807, 2.05) is 0 Å². The van der Waals surface area contributed by atoms with E-state index in [-0.39, 0.29) is 11.7 Å². The highest BCUT2D eigenvalue weighted by Crippen LogP contribution is 2.34. The first-order valence-electron chi connectivity index (χ1n) is 7.66. The molecule has 140 valence electrons. The van der Waals surface area contributed by atoms with Crippen molar-refractivity contribution in [3.8, 4) is 0 Å². The zero-order valence-corrected chi connectivity index (χ0v) is 13.5. The van der Waals surface area contributed by atoms with Gasteiger partial charge in [0.25, 0.3) is 0 Å². The molecular weight excluding hydrogens is 355 g/mol. The van der Waals surface area contributed by atoms with E-state index in [1.165, 1.54) is 0 Å². The monoisotopic (exact) mass is 371 g/mol. The molecule has 2 aliphatic heterocycles. The Morgan fingerprint density at radius 1 is 1.27 bits per heavy atom. The lowest BCUT2D eigenvalue weighted by atomic mass is 9.92. The molecule has 0 atom stereocenters. The number of carboxylic acids is 1. The van der Waals surface area contributed by atoms with Gasteiger partial charge in [-0.25, -0.2) is 14.4 Å². The van der Waals surface area contributed by atoms with Crippen LogP contribution in [-0.4, -0.2) is 48.6 Å². The van der Waals surface area contributed by atoms with Crippen LogP contribution in [0.25, 0.3) is 4.85 Å². The number of anilines is 1. The van der Waals surface area contributed by atoms with Crippen molar-refractivity contribution >= 4 is 23.4 Å². The summed E-state index contributed by atoms with van der Waals surface area (Å²) in [6, 6.07) is 7.05. The second-order valence-electron chi connectivity index (χ2n) is 5.82. The van der Waals surface area contributed by atoms with Crippen LogP contribution in [0, 0.1) is 6.57 Å². The lowest BCUT2D eigenvalue weighted by Crippen LogP contribution is -2.44. The van der Waals surface area contributed by atoms with Gasteiger partial charge in [-0.3, -0.25) is 4.90 Å². The van der Waals surface area contributed by atoms with Crippen molar-refractivity contribution in [3.63, 3.8) is 0 Å². The van der Waals surface area contributed by atoms with Gasteiger partial charge >= 0.3 is 18.2 Å². The van der Waals surface area contributed by atoms with Gasteiger partial charge in [-0.1, -0.05) is 12.1 Å². The van der Waals surface area contributed by atoms with Crippen molar-refractivity contribution in [3.05, 3.63) is 35.7 Å². The molecule has 0 saturated carbocycles. The van der Waals surface area contributed by atoms with Crippen LogP contribution < -0.4 is 10.2 Å². The number of carbonyl (C=O) groups excluding carboxylic acids is 1. The van der Waals surface area contributed by atoms with E-state index < -0.39 is 12.1 Å². The molecule has 1 aromatic carbocycles. The average Bonchev–Trinajstić information content (AvgIpc) is 2.91. The Labute approximate surface area is 147 Å². The van der Waals surface area contributed by atoms with E-state index in [0.29, 0.717) is 12.2 Å². The van der Waals surface area contributed by atoms with Crippen LogP contribution in [0.3, 0.4) is 0 Å². The number of nitrogens with one attached hydrogen (secondary N) is 1. The van der Waals surface area contributed by atoms with Crippen molar-refractivity contribution in [1.82, 2.24) is 5.32 Å². The van der Waals surface area contributed by atoms with Gasteiger partial charge in [0, 0.05) is 18.5 Å². The number of halogens is 3.